The zero-order valence-electron chi connectivity index (χ0n) is 36.4. The van der Waals surface area contributed by atoms with Crippen molar-refractivity contribution >= 4 is 11.7 Å². The number of oxime groups is 1. The number of hydrogen-bond donors (Lipinski definition) is 6. The SMILES string of the molecule is CC[C@H]1OC(=O)[C@H](C)[C@@H](OC2CC(C)(O)C(O)C(C)O2)[C@H](C)[C@@H](OC2OC(C)CC(N(C)C)C2O)[C@](C)(O)C[C@@H](C)/C(=N\OCOCCOC)[C@H](C)[C@@H](O)[C@]1(C)O. The maximum absolute atomic E-state index is 14.2. The van der Waals surface area contributed by atoms with Crippen molar-refractivity contribution in [1.29, 1.82) is 0 Å². The number of likely N-dealkylation sites (N-methyl/N-ethyl adjacent to an activating group) is 1. The van der Waals surface area contributed by atoms with E-state index in [0.717, 1.165) is 0 Å². The quantitative estimate of drug-likeness (QED) is 0.0711. The van der Waals surface area contributed by atoms with Crippen LogP contribution < -0.4 is 0 Å². The zero-order valence-corrected chi connectivity index (χ0v) is 36.4. The molecule has 17 heteroatoms. The maximum atomic E-state index is 14.2. The van der Waals surface area contributed by atoms with Crippen LogP contribution in [0, 0.1) is 23.7 Å². The lowest BCUT2D eigenvalue weighted by molar-refractivity contribution is -0.316. The minimum atomic E-state index is -1.98. The maximum Gasteiger partial charge on any atom is 0.311 e. The van der Waals surface area contributed by atoms with Crippen LogP contribution in [0.5, 0.6) is 0 Å². The van der Waals surface area contributed by atoms with Crippen molar-refractivity contribution in [3.8, 4) is 0 Å². The molecule has 0 aromatic rings. The van der Waals surface area contributed by atoms with Crippen LogP contribution in [0.25, 0.3) is 0 Å². The number of aliphatic hydroxyl groups excluding tert-OH is 3. The molecule has 57 heavy (non-hydrogen) atoms. The molecule has 334 valence electrons. The number of carbonyl (C=O) groups is 1. The lowest BCUT2D eigenvalue weighted by Gasteiger charge is -2.48. The second-order valence-corrected chi connectivity index (χ2v) is 17.6. The summed E-state index contributed by atoms with van der Waals surface area (Å²) in [6.07, 6.45) is -10.5. The molecule has 18 atom stereocenters. The molecule has 0 saturated carbocycles. The number of ether oxygens (including phenoxy) is 7. The van der Waals surface area contributed by atoms with E-state index in [-0.39, 0.29) is 50.5 Å². The van der Waals surface area contributed by atoms with E-state index in [0.29, 0.717) is 13.0 Å². The molecular formula is C40H74N2O15. The highest BCUT2D eigenvalue weighted by molar-refractivity contribution is 5.88. The minimum absolute atomic E-state index is 0.0516. The predicted octanol–water partition coefficient (Wildman–Crippen LogP) is 1.56. The molecule has 0 radical (unpaired) electrons. The highest BCUT2D eigenvalue weighted by Gasteiger charge is 2.53. The van der Waals surface area contributed by atoms with Crippen molar-refractivity contribution in [1.82, 2.24) is 4.90 Å². The highest BCUT2D eigenvalue weighted by atomic mass is 16.7. The van der Waals surface area contributed by atoms with Gasteiger partial charge in [0.15, 0.2) is 12.6 Å². The van der Waals surface area contributed by atoms with Gasteiger partial charge in [0.2, 0.25) is 6.79 Å². The van der Waals surface area contributed by atoms with E-state index in [1.165, 1.54) is 21.0 Å². The number of esters is 1. The van der Waals surface area contributed by atoms with Crippen LogP contribution in [0.4, 0.5) is 0 Å². The van der Waals surface area contributed by atoms with E-state index >= 15 is 0 Å². The number of hydrogen-bond acceptors (Lipinski definition) is 17. The van der Waals surface area contributed by atoms with Gasteiger partial charge in [-0.25, -0.2) is 0 Å². The van der Waals surface area contributed by atoms with Crippen LogP contribution in [-0.4, -0.2) is 173 Å². The Morgan fingerprint density at radius 2 is 1.53 bits per heavy atom. The largest absolute Gasteiger partial charge is 0.459 e. The standard InChI is InChI=1S/C40H74N2O15/c1-14-28-40(10,49)33(44)23(4)30(41-52-20-51-16-15-50-13)21(2)18-39(9,48)35(57-37-31(43)27(42(11)12)17-22(3)53-37)24(5)32(25(6)36(46)55-28)56-29-19-38(8,47)34(45)26(7)54-29/h21-29,31-35,37,43-45,47-49H,14-20H2,1-13H3/b41-30+/t21-,22?,23+,24+,25-,26?,27?,28-,29?,31?,32+,33-,34?,35-,37?,38?,39-,40-/m1/s1. The Bertz CT molecular complexity index is 1280. The summed E-state index contributed by atoms with van der Waals surface area (Å²) in [4.78, 5) is 21.7. The fourth-order valence-electron chi connectivity index (χ4n) is 8.74. The van der Waals surface area contributed by atoms with Gasteiger partial charge in [-0.05, 0) is 74.9 Å². The Hall–Kier alpha value is -1.58. The molecule has 6 N–H and O–H groups in total. The molecule has 0 aromatic carbocycles. The molecule has 0 amide bonds. The summed E-state index contributed by atoms with van der Waals surface area (Å²) in [6.45, 7) is 16.7. The molecule has 3 saturated heterocycles. The summed E-state index contributed by atoms with van der Waals surface area (Å²) in [5.74, 6) is -4.28. The number of rotatable bonds is 12. The van der Waals surface area contributed by atoms with E-state index < -0.39 is 102 Å². The van der Waals surface area contributed by atoms with Crippen molar-refractivity contribution in [3.63, 3.8) is 0 Å². The first-order chi connectivity index (χ1) is 26.4. The van der Waals surface area contributed by atoms with Gasteiger partial charge in [-0.15, -0.1) is 0 Å². The molecule has 3 aliphatic heterocycles. The van der Waals surface area contributed by atoms with Crippen LogP contribution in [0.15, 0.2) is 5.16 Å². The molecule has 0 aliphatic carbocycles. The zero-order chi connectivity index (χ0) is 43.2. The van der Waals surface area contributed by atoms with Gasteiger partial charge in [-0.1, -0.05) is 32.9 Å². The van der Waals surface area contributed by atoms with Gasteiger partial charge >= 0.3 is 5.97 Å². The average molecular weight is 823 g/mol. The topological polar surface area (TPSA) is 228 Å². The molecule has 0 spiro atoms. The van der Waals surface area contributed by atoms with Gasteiger partial charge in [0.05, 0.1) is 66.6 Å². The Morgan fingerprint density at radius 3 is 2.11 bits per heavy atom. The van der Waals surface area contributed by atoms with E-state index in [4.69, 9.17) is 38.0 Å². The monoisotopic (exact) mass is 823 g/mol. The molecule has 0 bridgehead atoms. The minimum Gasteiger partial charge on any atom is -0.459 e. The predicted molar refractivity (Wildman–Crippen MR) is 208 cm³/mol. The van der Waals surface area contributed by atoms with Gasteiger partial charge in [-0.3, -0.25) is 4.79 Å². The van der Waals surface area contributed by atoms with E-state index in [1.807, 2.05) is 25.9 Å². The number of aliphatic hydroxyl groups is 6. The first kappa shape index (κ1) is 49.8. The van der Waals surface area contributed by atoms with Crippen LogP contribution >= 0.6 is 0 Å². The van der Waals surface area contributed by atoms with Crippen LogP contribution in [-0.2, 0) is 42.8 Å². The fourth-order valence-corrected chi connectivity index (χ4v) is 8.74. The number of nitrogens with zero attached hydrogens (tertiary/aromatic N) is 2. The first-order valence-corrected chi connectivity index (χ1v) is 20.4. The summed E-state index contributed by atoms with van der Waals surface area (Å²) in [6, 6.07) is -0.341. The van der Waals surface area contributed by atoms with E-state index in [9.17, 15) is 35.4 Å². The smallest absolute Gasteiger partial charge is 0.311 e. The third-order valence-corrected chi connectivity index (χ3v) is 12.1. The Labute approximate surface area is 338 Å². The van der Waals surface area contributed by atoms with Crippen molar-refractivity contribution < 1.29 is 73.4 Å². The molecule has 0 aromatic heterocycles. The van der Waals surface area contributed by atoms with Gasteiger partial charge in [0.1, 0.15) is 23.9 Å². The number of cyclic esters (lactones) is 1. The van der Waals surface area contributed by atoms with Crippen molar-refractivity contribution in [2.75, 3.05) is 41.2 Å². The molecule has 3 rings (SSSR count). The Balaban J connectivity index is 2.21. The van der Waals surface area contributed by atoms with Gasteiger partial charge in [0.25, 0.3) is 0 Å². The summed E-state index contributed by atoms with van der Waals surface area (Å²) in [7, 11) is 5.24. The van der Waals surface area contributed by atoms with Crippen molar-refractivity contribution in [2.24, 2.45) is 28.8 Å². The summed E-state index contributed by atoms with van der Waals surface area (Å²) >= 11 is 0. The first-order valence-electron chi connectivity index (χ1n) is 20.4. The molecular weight excluding hydrogens is 748 g/mol. The van der Waals surface area contributed by atoms with Crippen LogP contribution in [0.3, 0.4) is 0 Å². The third kappa shape index (κ3) is 12.3. The second kappa shape index (κ2) is 20.8. The van der Waals surface area contributed by atoms with Crippen molar-refractivity contribution in [2.45, 2.75) is 179 Å². The molecule has 3 aliphatic rings. The summed E-state index contributed by atoms with van der Waals surface area (Å²) < 4.78 is 42.0. The second-order valence-electron chi connectivity index (χ2n) is 17.6. The lowest BCUT2D eigenvalue weighted by Crippen LogP contribution is -2.61. The van der Waals surface area contributed by atoms with Crippen molar-refractivity contribution in [3.05, 3.63) is 0 Å². The lowest BCUT2D eigenvalue weighted by atomic mass is 9.73. The highest BCUT2D eigenvalue weighted by Crippen LogP contribution is 2.40. The molecule has 3 fully saturated rings. The van der Waals surface area contributed by atoms with Crippen LogP contribution in [0.1, 0.15) is 94.9 Å². The fraction of sp³-hybridized carbons (Fsp3) is 0.950. The molecule has 3 heterocycles. The molecule has 8 unspecified atom stereocenters. The number of carbonyl (C=O) groups excluding carboxylic acids is 1. The van der Waals surface area contributed by atoms with Gasteiger partial charge < -0.3 is 73.5 Å². The van der Waals surface area contributed by atoms with Gasteiger partial charge in [-0.2, -0.15) is 0 Å². The Kier molecular flexibility index (Phi) is 18.2. The van der Waals surface area contributed by atoms with E-state index in [2.05, 4.69) is 5.16 Å². The summed E-state index contributed by atoms with van der Waals surface area (Å²) in [5, 5.41) is 74.2. The molecule has 17 nitrogen and oxygen atoms in total. The van der Waals surface area contributed by atoms with E-state index in [1.54, 1.807) is 48.5 Å². The van der Waals surface area contributed by atoms with Crippen LogP contribution in [0.2, 0.25) is 0 Å². The normalized spacial score (nSPS) is 46.4. The Morgan fingerprint density at radius 1 is 0.877 bits per heavy atom. The summed E-state index contributed by atoms with van der Waals surface area (Å²) in [5.41, 5.74) is -5.09. The number of methoxy groups -OCH3 is 1. The average Bonchev–Trinajstić information content (AvgIpc) is 3.12. The van der Waals surface area contributed by atoms with Gasteiger partial charge in [0, 0.05) is 37.3 Å². The third-order valence-electron chi connectivity index (χ3n) is 12.1.